The molecule has 4 N–H and O–H groups in total. The summed E-state index contributed by atoms with van der Waals surface area (Å²) in [5.41, 5.74) is 22.4. The molecule has 4 aromatic rings. The normalized spacial score (nSPS) is 19.3. The molecule has 1 aliphatic rings. The van der Waals surface area contributed by atoms with Gasteiger partial charge in [0.15, 0.2) is 0 Å². The molecule has 0 amide bonds. The SMILES string of the molecule is CCCCCC1CCC(c2ccc(C(CCCC)c3ccc(N)cc3)cc2)(c2ccc(C(CCCC)c3ccc(N)cc3)cc2)CC1. The van der Waals surface area contributed by atoms with Crippen molar-refractivity contribution >= 4 is 11.4 Å². The van der Waals surface area contributed by atoms with Crippen LogP contribution in [0.5, 0.6) is 0 Å². The molecule has 47 heavy (non-hydrogen) atoms. The number of hydrogen-bond donors (Lipinski definition) is 2. The zero-order chi connectivity index (χ0) is 33.1. The molecule has 0 bridgehead atoms. The third kappa shape index (κ3) is 8.69. The molecule has 0 saturated heterocycles. The Morgan fingerprint density at radius 2 is 0.872 bits per heavy atom. The maximum absolute atomic E-state index is 6.06. The van der Waals surface area contributed by atoms with Gasteiger partial charge in [0.1, 0.15) is 0 Å². The summed E-state index contributed by atoms with van der Waals surface area (Å²) < 4.78 is 0. The number of unbranched alkanes of at least 4 members (excludes halogenated alkanes) is 4. The second kappa shape index (κ2) is 17.0. The van der Waals surface area contributed by atoms with Crippen molar-refractivity contribution in [2.24, 2.45) is 5.92 Å². The Kier molecular flexibility index (Phi) is 12.6. The van der Waals surface area contributed by atoms with Crippen LogP contribution in [0.15, 0.2) is 97.1 Å². The van der Waals surface area contributed by atoms with Crippen LogP contribution in [0.3, 0.4) is 0 Å². The summed E-state index contributed by atoms with van der Waals surface area (Å²) in [4.78, 5) is 0. The first-order valence-corrected chi connectivity index (χ1v) is 18.9. The maximum Gasteiger partial charge on any atom is 0.0314 e. The highest BCUT2D eigenvalue weighted by atomic mass is 14.5. The van der Waals surface area contributed by atoms with Gasteiger partial charge in [-0.1, -0.05) is 145 Å². The van der Waals surface area contributed by atoms with Crippen LogP contribution in [0.25, 0.3) is 0 Å². The van der Waals surface area contributed by atoms with Gasteiger partial charge >= 0.3 is 0 Å². The van der Waals surface area contributed by atoms with Gasteiger partial charge in [0, 0.05) is 28.6 Å². The quantitative estimate of drug-likeness (QED) is 0.0958. The molecular formula is C45H60N2. The molecule has 4 aromatic carbocycles. The summed E-state index contributed by atoms with van der Waals surface area (Å²) in [5.74, 6) is 1.67. The highest BCUT2D eigenvalue weighted by molar-refractivity contribution is 5.47. The maximum atomic E-state index is 6.06. The smallest absolute Gasteiger partial charge is 0.0314 e. The average molecular weight is 629 g/mol. The number of nitrogens with two attached hydrogens (primary N) is 2. The second-order valence-corrected chi connectivity index (χ2v) is 14.5. The molecular weight excluding hydrogens is 569 g/mol. The van der Waals surface area contributed by atoms with E-state index in [1.807, 2.05) is 0 Å². The second-order valence-electron chi connectivity index (χ2n) is 14.5. The fourth-order valence-electron chi connectivity index (χ4n) is 8.28. The number of hydrogen-bond acceptors (Lipinski definition) is 2. The first kappa shape index (κ1) is 34.8. The highest BCUT2D eigenvalue weighted by Crippen LogP contribution is 2.48. The topological polar surface area (TPSA) is 52.0 Å². The van der Waals surface area contributed by atoms with E-state index < -0.39 is 0 Å². The van der Waals surface area contributed by atoms with Crippen LogP contribution >= 0.6 is 0 Å². The molecule has 1 fully saturated rings. The molecule has 2 atom stereocenters. The molecule has 0 heterocycles. The largest absolute Gasteiger partial charge is 0.399 e. The van der Waals surface area contributed by atoms with E-state index in [0.717, 1.165) is 17.3 Å². The number of rotatable bonds is 16. The Morgan fingerprint density at radius 3 is 1.23 bits per heavy atom. The molecule has 2 unspecified atom stereocenters. The lowest BCUT2D eigenvalue weighted by Crippen LogP contribution is -2.33. The van der Waals surface area contributed by atoms with E-state index in [-0.39, 0.29) is 5.41 Å². The van der Waals surface area contributed by atoms with Crippen LogP contribution < -0.4 is 11.5 Å². The van der Waals surface area contributed by atoms with Crippen LogP contribution in [-0.2, 0) is 5.41 Å². The number of benzene rings is 4. The van der Waals surface area contributed by atoms with Crippen molar-refractivity contribution in [3.8, 4) is 0 Å². The van der Waals surface area contributed by atoms with E-state index in [1.165, 1.54) is 123 Å². The standard InChI is InChI=1S/C45H60N2/c1-4-7-10-11-34-30-32-45(33-31-34,39-22-14-35(15-23-39)43(12-8-5-2)37-18-26-41(46)27-19-37)40-24-16-36(17-25-40)44(13-9-6-3)38-20-28-42(47)29-21-38/h14-29,34,43-44H,4-13,30-33,46-47H2,1-3H3. The fourth-order valence-corrected chi connectivity index (χ4v) is 8.28. The van der Waals surface area contributed by atoms with Gasteiger partial charge in [-0.25, -0.2) is 0 Å². The van der Waals surface area contributed by atoms with Crippen LogP contribution in [0.4, 0.5) is 11.4 Å². The lowest BCUT2D eigenvalue weighted by Gasteiger charge is -2.42. The number of nitrogen functional groups attached to an aromatic ring is 2. The molecule has 0 spiro atoms. The summed E-state index contributed by atoms with van der Waals surface area (Å²) in [6.07, 6.45) is 17.8. The van der Waals surface area contributed by atoms with Gasteiger partial charge in [0.05, 0.1) is 0 Å². The van der Waals surface area contributed by atoms with Gasteiger partial charge in [-0.15, -0.1) is 0 Å². The zero-order valence-electron chi connectivity index (χ0n) is 29.5. The van der Waals surface area contributed by atoms with E-state index in [9.17, 15) is 0 Å². The Hall–Kier alpha value is -3.52. The summed E-state index contributed by atoms with van der Waals surface area (Å²) in [6, 6.07) is 36.8. The minimum Gasteiger partial charge on any atom is -0.399 e. The molecule has 250 valence electrons. The minimum absolute atomic E-state index is 0.0680. The fraction of sp³-hybridized carbons (Fsp3) is 0.467. The van der Waals surface area contributed by atoms with Crippen molar-refractivity contribution in [3.63, 3.8) is 0 Å². The van der Waals surface area contributed by atoms with Crippen molar-refractivity contribution in [2.75, 3.05) is 11.5 Å². The first-order valence-electron chi connectivity index (χ1n) is 18.9. The summed E-state index contributed by atoms with van der Waals surface area (Å²) in [5, 5.41) is 0. The molecule has 0 radical (unpaired) electrons. The van der Waals surface area contributed by atoms with Crippen molar-refractivity contribution in [3.05, 3.63) is 130 Å². The predicted octanol–water partition coefficient (Wildman–Crippen LogP) is 12.6. The van der Waals surface area contributed by atoms with Gasteiger partial charge < -0.3 is 11.5 Å². The lowest BCUT2D eigenvalue weighted by molar-refractivity contribution is 0.250. The number of anilines is 2. The molecule has 1 aliphatic carbocycles. The molecule has 0 aliphatic heterocycles. The molecule has 5 rings (SSSR count). The van der Waals surface area contributed by atoms with E-state index in [2.05, 4.69) is 118 Å². The Balaban J connectivity index is 1.46. The van der Waals surface area contributed by atoms with Crippen LogP contribution in [0.2, 0.25) is 0 Å². The van der Waals surface area contributed by atoms with Gasteiger partial charge in [-0.05, 0) is 102 Å². The van der Waals surface area contributed by atoms with Gasteiger partial charge in [0.25, 0.3) is 0 Å². The summed E-state index contributed by atoms with van der Waals surface area (Å²) >= 11 is 0. The Labute approximate surface area is 286 Å². The van der Waals surface area contributed by atoms with Crippen molar-refractivity contribution in [2.45, 2.75) is 128 Å². The lowest BCUT2D eigenvalue weighted by atomic mass is 9.62. The first-order chi connectivity index (χ1) is 23.0. The van der Waals surface area contributed by atoms with Gasteiger partial charge in [-0.3, -0.25) is 0 Å². The van der Waals surface area contributed by atoms with E-state index in [0.29, 0.717) is 11.8 Å². The molecule has 2 heteroatoms. The van der Waals surface area contributed by atoms with E-state index in [4.69, 9.17) is 11.5 Å². The van der Waals surface area contributed by atoms with Crippen LogP contribution in [0.1, 0.15) is 156 Å². The monoisotopic (exact) mass is 628 g/mol. The molecule has 1 saturated carbocycles. The van der Waals surface area contributed by atoms with Gasteiger partial charge in [0.2, 0.25) is 0 Å². The van der Waals surface area contributed by atoms with Crippen molar-refractivity contribution in [1.82, 2.24) is 0 Å². The third-order valence-corrected chi connectivity index (χ3v) is 11.3. The van der Waals surface area contributed by atoms with Crippen molar-refractivity contribution in [1.29, 1.82) is 0 Å². The van der Waals surface area contributed by atoms with Crippen LogP contribution in [0, 0.1) is 5.92 Å². The van der Waals surface area contributed by atoms with Crippen LogP contribution in [-0.4, -0.2) is 0 Å². The highest BCUT2D eigenvalue weighted by Gasteiger charge is 2.38. The third-order valence-electron chi connectivity index (χ3n) is 11.3. The van der Waals surface area contributed by atoms with E-state index in [1.54, 1.807) is 0 Å². The van der Waals surface area contributed by atoms with Crippen molar-refractivity contribution < 1.29 is 0 Å². The molecule has 2 nitrogen and oxygen atoms in total. The predicted molar refractivity (Wildman–Crippen MR) is 204 cm³/mol. The Morgan fingerprint density at radius 1 is 0.511 bits per heavy atom. The van der Waals surface area contributed by atoms with Gasteiger partial charge in [-0.2, -0.15) is 0 Å². The molecule has 0 aromatic heterocycles. The minimum atomic E-state index is 0.0680. The Bertz CT molecular complexity index is 1360. The zero-order valence-corrected chi connectivity index (χ0v) is 29.5. The van der Waals surface area contributed by atoms with E-state index >= 15 is 0 Å². The average Bonchev–Trinajstić information content (AvgIpc) is 3.11. The summed E-state index contributed by atoms with van der Waals surface area (Å²) in [6.45, 7) is 6.90. The summed E-state index contributed by atoms with van der Waals surface area (Å²) in [7, 11) is 0.